The Morgan fingerprint density at radius 3 is 2.25 bits per heavy atom. The molecule has 0 aromatic heterocycles. The highest BCUT2D eigenvalue weighted by Crippen LogP contribution is 2.18. The summed E-state index contributed by atoms with van der Waals surface area (Å²) in [6.45, 7) is 16.1. The molecule has 0 aliphatic rings. The zero-order chi connectivity index (χ0) is 9.61. The summed E-state index contributed by atoms with van der Waals surface area (Å²) >= 11 is 0. The summed E-state index contributed by atoms with van der Waals surface area (Å²) in [6, 6.07) is 0. The zero-order valence-electron chi connectivity index (χ0n) is 9.06. The standard InChI is InChI=1S/C11H23N/c1-6-9-12(7-2)10-8-11(3,4)5/h6H,1,7-10H2,2-5H3. The molecule has 0 rings (SSSR count). The molecule has 0 aliphatic carbocycles. The normalized spacial score (nSPS) is 12.1. The molecule has 72 valence electrons. The van der Waals surface area contributed by atoms with E-state index in [2.05, 4.69) is 39.2 Å². The molecule has 0 atom stereocenters. The van der Waals surface area contributed by atoms with Crippen LogP contribution in [0.25, 0.3) is 0 Å². The molecular weight excluding hydrogens is 146 g/mol. The first-order valence-corrected chi connectivity index (χ1v) is 4.83. The van der Waals surface area contributed by atoms with E-state index in [0.717, 1.165) is 13.1 Å². The van der Waals surface area contributed by atoms with Gasteiger partial charge in [-0.1, -0.05) is 33.8 Å². The predicted molar refractivity (Wildman–Crippen MR) is 56.4 cm³/mol. The minimum Gasteiger partial charge on any atom is -0.300 e. The average molecular weight is 169 g/mol. The van der Waals surface area contributed by atoms with Gasteiger partial charge in [-0.05, 0) is 24.9 Å². The Morgan fingerprint density at radius 1 is 1.33 bits per heavy atom. The molecule has 0 spiro atoms. The van der Waals surface area contributed by atoms with Gasteiger partial charge in [-0.25, -0.2) is 0 Å². The summed E-state index contributed by atoms with van der Waals surface area (Å²) in [7, 11) is 0. The molecular formula is C11H23N. The van der Waals surface area contributed by atoms with Crippen LogP contribution in [0.4, 0.5) is 0 Å². The number of likely N-dealkylation sites (N-methyl/N-ethyl adjacent to an activating group) is 1. The Hall–Kier alpha value is -0.300. The van der Waals surface area contributed by atoms with Crippen LogP contribution in [0, 0.1) is 5.41 Å². The van der Waals surface area contributed by atoms with Crippen molar-refractivity contribution in [3.8, 4) is 0 Å². The third-order valence-electron chi connectivity index (χ3n) is 2.01. The second-order valence-corrected chi connectivity index (χ2v) is 4.49. The first kappa shape index (κ1) is 11.7. The Bertz CT molecular complexity index is 121. The lowest BCUT2D eigenvalue weighted by molar-refractivity contribution is 0.255. The van der Waals surface area contributed by atoms with Crippen molar-refractivity contribution in [3.63, 3.8) is 0 Å². The zero-order valence-corrected chi connectivity index (χ0v) is 9.06. The molecule has 0 saturated heterocycles. The van der Waals surface area contributed by atoms with Gasteiger partial charge in [-0.2, -0.15) is 0 Å². The van der Waals surface area contributed by atoms with Crippen molar-refractivity contribution in [2.24, 2.45) is 5.41 Å². The number of nitrogens with zero attached hydrogens (tertiary/aromatic N) is 1. The molecule has 0 radical (unpaired) electrons. The minimum atomic E-state index is 0.453. The van der Waals surface area contributed by atoms with Gasteiger partial charge in [-0.3, -0.25) is 4.90 Å². The van der Waals surface area contributed by atoms with Gasteiger partial charge in [0, 0.05) is 6.54 Å². The lowest BCUT2D eigenvalue weighted by Crippen LogP contribution is -2.27. The van der Waals surface area contributed by atoms with Gasteiger partial charge < -0.3 is 0 Å². The van der Waals surface area contributed by atoms with E-state index < -0.39 is 0 Å². The highest BCUT2D eigenvalue weighted by Gasteiger charge is 2.11. The van der Waals surface area contributed by atoms with Crippen molar-refractivity contribution in [1.29, 1.82) is 0 Å². The number of hydrogen-bond donors (Lipinski definition) is 0. The van der Waals surface area contributed by atoms with E-state index in [-0.39, 0.29) is 0 Å². The molecule has 1 nitrogen and oxygen atoms in total. The molecule has 1 heteroatoms. The van der Waals surface area contributed by atoms with E-state index in [4.69, 9.17) is 0 Å². The van der Waals surface area contributed by atoms with Crippen molar-refractivity contribution in [2.75, 3.05) is 19.6 Å². The van der Waals surface area contributed by atoms with Crippen LogP contribution in [0.1, 0.15) is 34.1 Å². The molecule has 0 aromatic carbocycles. The van der Waals surface area contributed by atoms with Crippen LogP contribution in [0.3, 0.4) is 0 Å². The van der Waals surface area contributed by atoms with Crippen molar-refractivity contribution < 1.29 is 0 Å². The Morgan fingerprint density at radius 2 is 1.92 bits per heavy atom. The predicted octanol–water partition coefficient (Wildman–Crippen LogP) is 2.93. The van der Waals surface area contributed by atoms with Crippen molar-refractivity contribution in [1.82, 2.24) is 4.90 Å². The van der Waals surface area contributed by atoms with E-state index >= 15 is 0 Å². The van der Waals surface area contributed by atoms with E-state index in [0.29, 0.717) is 5.41 Å². The maximum atomic E-state index is 3.75. The Labute approximate surface area is 77.5 Å². The lowest BCUT2D eigenvalue weighted by Gasteiger charge is -2.24. The molecule has 0 amide bonds. The summed E-state index contributed by atoms with van der Waals surface area (Å²) in [5.74, 6) is 0. The van der Waals surface area contributed by atoms with Crippen molar-refractivity contribution in [3.05, 3.63) is 12.7 Å². The third-order valence-corrected chi connectivity index (χ3v) is 2.01. The fourth-order valence-corrected chi connectivity index (χ4v) is 1.05. The van der Waals surface area contributed by atoms with Crippen LogP contribution in [-0.2, 0) is 0 Å². The topological polar surface area (TPSA) is 3.24 Å². The average Bonchev–Trinajstić information content (AvgIpc) is 1.96. The largest absolute Gasteiger partial charge is 0.300 e. The molecule has 0 saturated carbocycles. The number of hydrogen-bond acceptors (Lipinski definition) is 1. The molecule has 0 aromatic rings. The first-order valence-electron chi connectivity index (χ1n) is 4.83. The lowest BCUT2D eigenvalue weighted by atomic mass is 9.92. The van der Waals surface area contributed by atoms with Gasteiger partial charge in [0.1, 0.15) is 0 Å². The van der Waals surface area contributed by atoms with Gasteiger partial charge in [0.2, 0.25) is 0 Å². The summed E-state index contributed by atoms with van der Waals surface area (Å²) in [6.07, 6.45) is 3.24. The van der Waals surface area contributed by atoms with Gasteiger partial charge in [0.05, 0.1) is 0 Å². The fourth-order valence-electron chi connectivity index (χ4n) is 1.05. The van der Waals surface area contributed by atoms with E-state index in [1.54, 1.807) is 0 Å². The summed E-state index contributed by atoms with van der Waals surface area (Å²) in [4.78, 5) is 2.41. The minimum absolute atomic E-state index is 0.453. The monoisotopic (exact) mass is 169 g/mol. The SMILES string of the molecule is C=CCN(CC)CCC(C)(C)C. The van der Waals surface area contributed by atoms with Gasteiger partial charge in [0.15, 0.2) is 0 Å². The van der Waals surface area contributed by atoms with E-state index in [1.165, 1.54) is 13.0 Å². The second-order valence-electron chi connectivity index (χ2n) is 4.49. The Balaban J connectivity index is 3.64. The highest BCUT2D eigenvalue weighted by molar-refractivity contribution is 4.74. The fraction of sp³-hybridized carbons (Fsp3) is 0.818. The molecule has 12 heavy (non-hydrogen) atoms. The second kappa shape index (κ2) is 5.36. The van der Waals surface area contributed by atoms with Crippen LogP contribution in [0.5, 0.6) is 0 Å². The third kappa shape index (κ3) is 6.41. The summed E-state index contributed by atoms with van der Waals surface area (Å²) in [5, 5.41) is 0. The molecule has 0 unspecified atom stereocenters. The molecule has 0 heterocycles. The maximum Gasteiger partial charge on any atom is 0.0160 e. The van der Waals surface area contributed by atoms with Crippen LogP contribution >= 0.6 is 0 Å². The van der Waals surface area contributed by atoms with Crippen LogP contribution in [-0.4, -0.2) is 24.5 Å². The highest BCUT2D eigenvalue weighted by atomic mass is 15.1. The molecule has 0 fully saturated rings. The Kier molecular flexibility index (Phi) is 5.23. The smallest absolute Gasteiger partial charge is 0.0160 e. The van der Waals surface area contributed by atoms with Crippen LogP contribution in [0.15, 0.2) is 12.7 Å². The molecule has 0 aliphatic heterocycles. The van der Waals surface area contributed by atoms with Gasteiger partial charge in [-0.15, -0.1) is 6.58 Å². The summed E-state index contributed by atoms with van der Waals surface area (Å²) < 4.78 is 0. The molecule has 0 N–H and O–H groups in total. The maximum absolute atomic E-state index is 3.75. The van der Waals surface area contributed by atoms with Gasteiger partial charge in [0.25, 0.3) is 0 Å². The van der Waals surface area contributed by atoms with Crippen LogP contribution < -0.4 is 0 Å². The van der Waals surface area contributed by atoms with Crippen molar-refractivity contribution in [2.45, 2.75) is 34.1 Å². The number of rotatable bonds is 5. The first-order chi connectivity index (χ1) is 5.49. The summed E-state index contributed by atoms with van der Waals surface area (Å²) in [5.41, 5.74) is 0.453. The van der Waals surface area contributed by atoms with E-state index in [1.807, 2.05) is 6.08 Å². The quantitative estimate of drug-likeness (QED) is 0.572. The molecule has 0 bridgehead atoms. The van der Waals surface area contributed by atoms with E-state index in [9.17, 15) is 0 Å². The van der Waals surface area contributed by atoms with Gasteiger partial charge >= 0.3 is 0 Å². The van der Waals surface area contributed by atoms with Crippen LogP contribution in [0.2, 0.25) is 0 Å². The van der Waals surface area contributed by atoms with Crippen molar-refractivity contribution >= 4 is 0 Å².